The van der Waals surface area contributed by atoms with Gasteiger partial charge in [-0.05, 0) is 31.0 Å². The molecule has 0 spiro atoms. The first-order chi connectivity index (χ1) is 7.41. The van der Waals surface area contributed by atoms with Crippen molar-refractivity contribution < 1.29 is 4.79 Å². The summed E-state index contributed by atoms with van der Waals surface area (Å²) in [5, 5.41) is 2.74. The highest BCUT2D eigenvalue weighted by Gasteiger charge is 2.10. The van der Waals surface area contributed by atoms with Gasteiger partial charge in [0.25, 0.3) is 5.91 Å². The average molecular weight is 283 g/mol. The van der Waals surface area contributed by atoms with E-state index < -0.39 is 0 Å². The Morgan fingerprint density at radius 2 is 2.06 bits per heavy atom. The Bertz CT molecular complexity index is 441. The van der Waals surface area contributed by atoms with Crippen molar-refractivity contribution in [3.8, 4) is 0 Å². The largest absolute Gasteiger partial charge is 0.398 e. The second-order valence-corrected chi connectivity index (χ2v) is 4.85. The summed E-state index contributed by atoms with van der Waals surface area (Å²) in [6.07, 6.45) is 0. The normalized spacial score (nSPS) is 9.94. The van der Waals surface area contributed by atoms with Gasteiger partial charge in [0, 0.05) is 22.3 Å². The summed E-state index contributed by atoms with van der Waals surface area (Å²) in [6.45, 7) is 7.88. The van der Waals surface area contributed by atoms with Crippen LogP contribution in [0.5, 0.6) is 0 Å². The number of amides is 1. The molecule has 0 radical (unpaired) electrons. The number of rotatable bonds is 3. The molecule has 0 fully saturated rings. The van der Waals surface area contributed by atoms with Gasteiger partial charge in [-0.1, -0.05) is 28.6 Å². The Morgan fingerprint density at radius 1 is 1.44 bits per heavy atom. The highest BCUT2D eigenvalue weighted by Crippen LogP contribution is 2.17. The Hall–Kier alpha value is -1.29. The number of halogens is 1. The van der Waals surface area contributed by atoms with Crippen LogP contribution in [0.15, 0.2) is 23.2 Å². The molecule has 0 atom stereocenters. The maximum atomic E-state index is 11.8. The van der Waals surface area contributed by atoms with Crippen molar-refractivity contribution in [2.45, 2.75) is 13.8 Å². The van der Waals surface area contributed by atoms with Crippen molar-refractivity contribution in [2.24, 2.45) is 0 Å². The Balaban J connectivity index is 2.91. The lowest BCUT2D eigenvalue weighted by Gasteiger charge is -2.09. The molecule has 16 heavy (non-hydrogen) atoms. The van der Waals surface area contributed by atoms with Crippen LogP contribution in [0, 0.1) is 13.8 Å². The SMILES string of the molecule is C=C(Br)CNC(=O)c1cc(N)c(C)cc1C. The Labute approximate surface area is 104 Å². The number of anilines is 1. The number of nitrogen functional groups attached to an aromatic ring is 1. The molecule has 0 aromatic heterocycles. The number of nitrogens with two attached hydrogens (primary N) is 1. The average Bonchev–Trinajstić information content (AvgIpc) is 2.20. The topological polar surface area (TPSA) is 55.1 Å². The lowest BCUT2D eigenvalue weighted by Crippen LogP contribution is -2.25. The number of hydrogen-bond acceptors (Lipinski definition) is 2. The zero-order chi connectivity index (χ0) is 12.3. The summed E-state index contributed by atoms with van der Waals surface area (Å²) >= 11 is 3.19. The van der Waals surface area contributed by atoms with Gasteiger partial charge in [0.05, 0.1) is 0 Å². The number of carbonyl (C=O) groups excluding carboxylic acids is 1. The molecule has 1 rings (SSSR count). The summed E-state index contributed by atoms with van der Waals surface area (Å²) in [6, 6.07) is 3.62. The first-order valence-corrected chi connectivity index (χ1v) is 5.69. The number of carbonyl (C=O) groups is 1. The molecule has 0 heterocycles. The molecule has 0 saturated carbocycles. The monoisotopic (exact) mass is 282 g/mol. The van der Waals surface area contributed by atoms with E-state index in [0.29, 0.717) is 17.8 Å². The van der Waals surface area contributed by atoms with Crippen LogP contribution in [0.3, 0.4) is 0 Å². The zero-order valence-electron chi connectivity index (χ0n) is 9.43. The smallest absolute Gasteiger partial charge is 0.251 e. The summed E-state index contributed by atoms with van der Waals surface area (Å²) in [5.74, 6) is -0.134. The van der Waals surface area contributed by atoms with Crippen molar-refractivity contribution in [1.82, 2.24) is 5.32 Å². The fraction of sp³-hybridized carbons (Fsp3) is 0.250. The van der Waals surface area contributed by atoms with Gasteiger partial charge in [-0.2, -0.15) is 0 Å². The third-order valence-electron chi connectivity index (χ3n) is 2.30. The molecule has 0 saturated heterocycles. The molecule has 0 aliphatic heterocycles. The van der Waals surface area contributed by atoms with E-state index in [1.807, 2.05) is 19.9 Å². The summed E-state index contributed by atoms with van der Waals surface area (Å²) < 4.78 is 0.735. The van der Waals surface area contributed by atoms with Gasteiger partial charge in [-0.15, -0.1) is 0 Å². The molecule has 0 aliphatic carbocycles. The molecule has 3 N–H and O–H groups in total. The third-order valence-corrected chi connectivity index (χ3v) is 2.58. The van der Waals surface area contributed by atoms with E-state index in [0.717, 1.165) is 15.6 Å². The van der Waals surface area contributed by atoms with Crippen molar-refractivity contribution in [1.29, 1.82) is 0 Å². The molecule has 4 heteroatoms. The van der Waals surface area contributed by atoms with Crippen LogP contribution in [-0.2, 0) is 0 Å². The molecule has 0 unspecified atom stereocenters. The van der Waals surface area contributed by atoms with Crippen molar-refractivity contribution in [3.05, 3.63) is 39.9 Å². The fourth-order valence-electron chi connectivity index (χ4n) is 1.39. The van der Waals surface area contributed by atoms with Gasteiger partial charge >= 0.3 is 0 Å². The van der Waals surface area contributed by atoms with Crippen molar-refractivity contribution in [2.75, 3.05) is 12.3 Å². The lowest BCUT2D eigenvalue weighted by molar-refractivity contribution is 0.0957. The number of benzene rings is 1. The maximum Gasteiger partial charge on any atom is 0.251 e. The molecule has 1 aromatic rings. The molecule has 1 amide bonds. The standard InChI is InChI=1S/C12H15BrN2O/c1-7-4-8(2)11(14)5-10(7)12(16)15-6-9(3)13/h4-5H,3,6,14H2,1-2H3,(H,15,16). The second-order valence-electron chi connectivity index (χ2n) is 3.72. The van der Waals surface area contributed by atoms with Gasteiger partial charge in [0.1, 0.15) is 0 Å². The summed E-state index contributed by atoms with van der Waals surface area (Å²) in [7, 11) is 0. The van der Waals surface area contributed by atoms with Crippen molar-refractivity contribution >= 4 is 27.5 Å². The van der Waals surface area contributed by atoms with Crippen LogP contribution in [0.4, 0.5) is 5.69 Å². The highest BCUT2D eigenvalue weighted by atomic mass is 79.9. The van der Waals surface area contributed by atoms with Crippen LogP contribution >= 0.6 is 15.9 Å². The maximum absolute atomic E-state index is 11.8. The predicted molar refractivity (Wildman–Crippen MR) is 70.7 cm³/mol. The van der Waals surface area contributed by atoms with E-state index in [4.69, 9.17) is 5.73 Å². The van der Waals surface area contributed by atoms with Crippen molar-refractivity contribution in [3.63, 3.8) is 0 Å². The van der Waals surface area contributed by atoms with Crippen LogP contribution in [0.1, 0.15) is 21.5 Å². The first kappa shape index (κ1) is 12.8. The van der Waals surface area contributed by atoms with E-state index in [1.165, 1.54) is 0 Å². The zero-order valence-corrected chi connectivity index (χ0v) is 11.0. The lowest BCUT2D eigenvalue weighted by atomic mass is 10.0. The van der Waals surface area contributed by atoms with E-state index in [1.54, 1.807) is 6.07 Å². The summed E-state index contributed by atoms with van der Waals surface area (Å²) in [5.41, 5.74) is 8.92. The van der Waals surface area contributed by atoms with Gasteiger partial charge < -0.3 is 11.1 Å². The Kier molecular flexibility index (Phi) is 4.12. The second kappa shape index (κ2) is 5.16. The minimum Gasteiger partial charge on any atom is -0.398 e. The minimum absolute atomic E-state index is 0.134. The van der Waals surface area contributed by atoms with Gasteiger partial charge in [0.2, 0.25) is 0 Å². The van der Waals surface area contributed by atoms with Crippen LogP contribution in [0.2, 0.25) is 0 Å². The molecule has 0 aliphatic rings. The van der Waals surface area contributed by atoms with Crippen LogP contribution in [-0.4, -0.2) is 12.5 Å². The van der Waals surface area contributed by atoms with Gasteiger partial charge in [-0.3, -0.25) is 4.79 Å². The quantitative estimate of drug-likeness (QED) is 0.837. The molecule has 3 nitrogen and oxygen atoms in total. The number of nitrogens with one attached hydrogen (secondary N) is 1. The van der Waals surface area contributed by atoms with E-state index >= 15 is 0 Å². The molecular formula is C12H15BrN2O. The molecule has 86 valence electrons. The predicted octanol–water partition coefficient (Wildman–Crippen LogP) is 2.52. The third kappa shape index (κ3) is 3.10. The first-order valence-electron chi connectivity index (χ1n) is 4.90. The van der Waals surface area contributed by atoms with E-state index in [9.17, 15) is 4.79 Å². The highest BCUT2D eigenvalue weighted by molar-refractivity contribution is 9.11. The fourth-order valence-corrected chi connectivity index (χ4v) is 1.53. The molecular weight excluding hydrogens is 268 g/mol. The van der Waals surface area contributed by atoms with Crippen LogP contribution in [0.25, 0.3) is 0 Å². The van der Waals surface area contributed by atoms with Crippen LogP contribution < -0.4 is 11.1 Å². The Morgan fingerprint density at radius 3 is 2.62 bits per heavy atom. The van der Waals surface area contributed by atoms with E-state index in [-0.39, 0.29) is 5.91 Å². The molecule has 1 aromatic carbocycles. The molecule has 0 bridgehead atoms. The van der Waals surface area contributed by atoms with E-state index in [2.05, 4.69) is 27.8 Å². The number of hydrogen-bond donors (Lipinski definition) is 2. The van der Waals surface area contributed by atoms with Gasteiger partial charge in [-0.25, -0.2) is 0 Å². The van der Waals surface area contributed by atoms with Gasteiger partial charge in [0.15, 0.2) is 0 Å². The summed E-state index contributed by atoms with van der Waals surface area (Å²) in [4.78, 5) is 11.8. The minimum atomic E-state index is -0.134. The number of aryl methyl sites for hydroxylation is 2.